The molecular weight excluding hydrogens is 250 g/mol. The fourth-order valence-electron chi connectivity index (χ4n) is 3.03. The fraction of sp³-hybridized carbons (Fsp3) is 0.438. The lowest BCUT2D eigenvalue weighted by molar-refractivity contribution is -0.122. The Morgan fingerprint density at radius 2 is 2.20 bits per heavy atom. The summed E-state index contributed by atoms with van der Waals surface area (Å²) in [5, 5.41) is 7.80. The Bertz CT molecular complexity index is 595. The number of aromatic nitrogens is 1. The summed E-state index contributed by atoms with van der Waals surface area (Å²) in [7, 11) is 2.12. The van der Waals surface area contributed by atoms with Crippen molar-refractivity contribution >= 4 is 16.8 Å². The van der Waals surface area contributed by atoms with Gasteiger partial charge < -0.3 is 15.2 Å². The number of carbonyl (C=O) groups is 1. The zero-order chi connectivity index (χ0) is 14.1. The minimum atomic E-state index is 0.170. The Kier molecular flexibility index (Phi) is 3.49. The van der Waals surface area contributed by atoms with Gasteiger partial charge >= 0.3 is 0 Å². The second kappa shape index (κ2) is 5.29. The third-order valence-electron chi connectivity index (χ3n) is 4.33. The zero-order valence-corrected chi connectivity index (χ0v) is 12.1. The minimum absolute atomic E-state index is 0.170. The van der Waals surface area contributed by atoms with Crippen LogP contribution >= 0.6 is 0 Å². The number of amides is 1. The van der Waals surface area contributed by atoms with Crippen LogP contribution in [-0.4, -0.2) is 23.1 Å². The summed E-state index contributed by atoms with van der Waals surface area (Å²) in [6, 6.07) is 8.88. The topological polar surface area (TPSA) is 46.1 Å². The number of hydrogen-bond donors (Lipinski definition) is 2. The van der Waals surface area contributed by atoms with E-state index in [0.29, 0.717) is 12.5 Å². The fourth-order valence-corrected chi connectivity index (χ4v) is 3.03. The molecular formula is C16H21N3O. The first-order chi connectivity index (χ1) is 9.66. The second-order valence-electron chi connectivity index (χ2n) is 5.57. The van der Waals surface area contributed by atoms with Gasteiger partial charge in [-0.3, -0.25) is 4.79 Å². The predicted molar refractivity (Wildman–Crippen MR) is 80.5 cm³/mol. The van der Waals surface area contributed by atoms with Crippen LogP contribution in [0.5, 0.6) is 0 Å². The van der Waals surface area contributed by atoms with Crippen LogP contribution < -0.4 is 10.6 Å². The van der Waals surface area contributed by atoms with E-state index in [2.05, 4.69) is 53.4 Å². The molecule has 4 heteroatoms. The molecule has 106 valence electrons. The van der Waals surface area contributed by atoms with Gasteiger partial charge in [0.1, 0.15) is 0 Å². The van der Waals surface area contributed by atoms with Crippen LogP contribution in [0.4, 0.5) is 0 Å². The molecule has 1 atom stereocenters. The first-order valence-corrected chi connectivity index (χ1v) is 7.20. The average Bonchev–Trinajstić information content (AvgIpc) is 2.71. The zero-order valence-electron chi connectivity index (χ0n) is 12.1. The van der Waals surface area contributed by atoms with Crippen molar-refractivity contribution in [1.29, 1.82) is 0 Å². The molecule has 1 saturated heterocycles. The van der Waals surface area contributed by atoms with E-state index in [9.17, 15) is 4.79 Å². The Morgan fingerprint density at radius 3 is 2.90 bits per heavy atom. The van der Waals surface area contributed by atoms with E-state index in [-0.39, 0.29) is 5.91 Å². The molecule has 2 heterocycles. The van der Waals surface area contributed by atoms with E-state index in [1.165, 1.54) is 22.2 Å². The van der Waals surface area contributed by atoms with Crippen LogP contribution in [0.1, 0.15) is 24.1 Å². The third kappa shape index (κ3) is 2.31. The highest BCUT2D eigenvalue weighted by atomic mass is 16.1. The molecule has 3 rings (SSSR count). The SMILES string of the molecule is Cc1c(CNC2CCC(=O)NC2)n(C)c2ccccc12. The lowest BCUT2D eigenvalue weighted by Crippen LogP contribution is -2.45. The van der Waals surface area contributed by atoms with Gasteiger partial charge in [-0.05, 0) is 25.0 Å². The van der Waals surface area contributed by atoms with Crippen molar-refractivity contribution in [2.75, 3.05) is 6.54 Å². The number of aryl methyl sites for hydroxylation is 2. The molecule has 0 radical (unpaired) electrons. The van der Waals surface area contributed by atoms with E-state index < -0.39 is 0 Å². The van der Waals surface area contributed by atoms with Crippen LogP contribution in [-0.2, 0) is 18.4 Å². The van der Waals surface area contributed by atoms with E-state index in [4.69, 9.17) is 0 Å². The summed E-state index contributed by atoms with van der Waals surface area (Å²) in [4.78, 5) is 11.2. The maximum absolute atomic E-state index is 11.2. The first-order valence-electron chi connectivity index (χ1n) is 7.20. The summed E-state index contributed by atoms with van der Waals surface area (Å²) in [6.07, 6.45) is 1.56. The van der Waals surface area contributed by atoms with Crippen LogP contribution in [0.15, 0.2) is 24.3 Å². The van der Waals surface area contributed by atoms with Crippen LogP contribution in [0.25, 0.3) is 10.9 Å². The van der Waals surface area contributed by atoms with Crippen molar-refractivity contribution in [2.24, 2.45) is 7.05 Å². The standard InChI is InChI=1S/C16H21N3O/c1-11-13-5-3-4-6-14(13)19(2)15(11)10-17-12-7-8-16(20)18-9-12/h3-6,12,17H,7-10H2,1-2H3,(H,18,20). The van der Waals surface area contributed by atoms with Gasteiger partial charge in [0.2, 0.25) is 5.91 Å². The smallest absolute Gasteiger partial charge is 0.220 e. The molecule has 1 aliphatic rings. The summed E-state index contributed by atoms with van der Waals surface area (Å²) in [6.45, 7) is 3.77. The van der Waals surface area contributed by atoms with Crippen LogP contribution in [0.3, 0.4) is 0 Å². The molecule has 4 nitrogen and oxygen atoms in total. The Morgan fingerprint density at radius 1 is 1.40 bits per heavy atom. The minimum Gasteiger partial charge on any atom is -0.355 e. The van der Waals surface area contributed by atoms with Gasteiger partial charge in [-0.25, -0.2) is 0 Å². The second-order valence-corrected chi connectivity index (χ2v) is 5.57. The summed E-state index contributed by atoms with van der Waals surface area (Å²) in [5.41, 5.74) is 3.94. The molecule has 20 heavy (non-hydrogen) atoms. The van der Waals surface area contributed by atoms with Gasteiger partial charge in [-0.15, -0.1) is 0 Å². The molecule has 1 aliphatic heterocycles. The number of para-hydroxylation sites is 1. The largest absolute Gasteiger partial charge is 0.355 e. The van der Waals surface area contributed by atoms with E-state index in [1.54, 1.807) is 0 Å². The van der Waals surface area contributed by atoms with E-state index in [1.807, 2.05) is 0 Å². The quantitative estimate of drug-likeness (QED) is 0.895. The van der Waals surface area contributed by atoms with Crippen molar-refractivity contribution in [3.8, 4) is 0 Å². The molecule has 1 unspecified atom stereocenters. The van der Waals surface area contributed by atoms with Crippen molar-refractivity contribution in [2.45, 2.75) is 32.4 Å². The van der Waals surface area contributed by atoms with Gasteiger partial charge in [-0.1, -0.05) is 18.2 Å². The highest BCUT2D eigenvalue weighted by molar-refractivity contribution is 5.85. The molecule has 0 bridgehead atoms. The monoisotopic (exact) mass is 271 g/mol. The Hall–Kier alpha value is -1.81. The normalized spacial score (nSPS) is 19.3. The van der Waals surface area contributed by atoms with Crippen molar-refractivity contribution in [1.82, 2.24) is 15.2 Å². The predicted octanol–water partition coefficient (Wildman–Crippen LogP) is 1.85. The molecule has 1 amide bonds. The molecule has 0 spiro atoms. The van der Waals surface area contributed by atoms with Gasteiger partial charge in [0, 0.05) is 49.2 Å². The maximum Gasteiger partial charge on any atom is 0.220 e. The molecule has 1 aromatic heterocycles. The molecule has 2 N–H and O–H groups in total. The number of fused-ring (bicyclic) bond motifs is 1. The molecule has 1 fully saturated rings. The van der Waals surface area contributed by atoms with Crippen molar-refractivity contribution in [3.05, 3.63) is 35.5 Å². The van der Waals surface area contributed by atoms with Crippen molar-refractivity contribution < 1.29 is 4.79 Å². The first kappa shape index (κ1) is 13.2. The molecule has 2 aromatic rings. The maximum atomic E-state index is 11.2. The molecule has 0 saturated carbocycles. The average molecular weight is 271 g/mol. The molecule has 0 aliphatic carbocycles. The van der Waals surface area contributed by atoms with Gasteiger partial charge in [0.05, 0.1) is 0 Å². The van der Waals surface area contributed by atoms with Gasteiger partial charge in [0.15, 0.2) is 0 Å². The number of rotatable bonds is 3. The number of nitrogens with zero attached hydrogens (tertiary/aromatic N) is 1. The summed E-state index contributed by atoms with van der Waals surface area (Å²) < 4.78 is 2.26. The van der Waals surface area contributed by atoms with Gasteiger partial charge in [0.25, 0.3) is 0 Å². The Balaban J connectivity index is 1.76. The van der Waals surface area contributed by atoms with Gasteiger partial charge in [-0.2, -0.15) is 0 Å². The number of benzene rings is 1. The number of piperidine rings is 1. The highest BCUT2D eigenvalue weighted by Gasteiger charge is 2.18. The van der Waals surface area contributed by atoms with Crippen LogP contribution in [0.2, 0.25) is 0 Å². The lowest BCUT2D eigenvalue weighted by Gasteiger charge is -2.23. The highest BCUT2D eigenvalue weighted by Crippen LogP contribution is 2.24. The van der Waals surface area contributed by atoms with Crippen LogP contribution in [0, 0.1) is 6.92 Å². The summed E-state index contributed by atoms with van der Waals surface area (Å²) >= 11 is 0. The molecule has 1 aromatic carbocycles. The number of carbonyl (C=O) groups excluding carboxylic acids is 1. The van der Waals surface area contributed by atoms with Crippen molar-refractivity contribution in [3.63, 3.8) is 0 Å². The third-order valence-corrected chi connectivity index (χ3v) is 4.33. The van der Waals surface area contributed by atoms with E-state index in [0.717, 1.165) is 19.5 Å². The van der Waals surface area contributed by atoms with E-state index >= 15 is 0 Å². The lowest BCUT2D eigenvalue weighted by atomic mass is 10.1. The summed E-state index contributed by atoms with van der Waals surface area (Å²) in [5.74, 6) is 0.170. The Labute approximate surface area is 119 Å². The number of nitrogens with one attached hydrogen (secondary N) is 2. The number of hydrogen-bond acceptors (Lipinski definition) is 2.